The quantitative estimate of drug-likeness (QED) is 0.685. The summed E-state index contributed by atoms with van der Waals surface area (Å²) in [6, 6.07) is 6.41. The van der Waals surface area contributed by atoms with Crippen molar-refractivity contribution in [3.63, 3.8) is 0 Å². The first-order valence-electron chi connectivity index (χ1n) is 4.30. The van der Waals surface area contributed by atoms with Crippen molar-refractivity contribution in [2.45, 2.75) is 26.3 Å². The fourth-order valence-electron chi connectivity index (χ4n) is 1.36. The molecule has 2 heteroatoms. The molecule has 1 aromatic rings. The SMILES string of the molecule is CC(C)c1ccc2c(c1)ONC2. The molecule has 1 aromatic carbocycles. The molecule has 0 unspecified atom stereocenters. The third-order valence-electron chi connectivity index (χ3n) is 2.20. The molecule has 64 valence electrons. The smallest absolute Gasteiger partial charge is 0.152 e. The molecule has 1 aliphatic rings. The van der Waals surface area contributed by atoms with Gasteiger partial charge < -0.3 is 4.84 Å². The van der Waals surface area contributed by atoms with Crippen LogP contribution < -0.4 is 10.3 Å². The molecule has 0 radical (unpaired) electrons. The molecule has 0 atom stereocenters. The van der Waals surface area contributed by atoms with Gasteiger partial charge in [0.25, 0.3) is 0 Å². The minimum Gasteiger partial charge on any atom is -0.408 e. The number of hydroxylamine groups is 1. The minimum absolute atomic E-state index is 0.569. The largest absolute Gasteiger partial charge is 0.408 e. The summed E-state index contributed by atoms with van der Waals surface area (Å²) in [7, 11) is 0. The van der Waals surface area contributed by atoms with Crippen LogP contribution in [0, 0.1) is 0 Å². The van der Waals surface area contributed by atoms with Gasteiger partial charge in [0.05, 0.1) is 6.54 Å². The van der Waals surface area contributed by atoms with Crippen molar-refractivity contribution in [1.29, 1.82) is 0 Å². The second kappa shape index (κ2) is 2.79. The lowest BCUT2D eigenvalue weighted by molar-refractivity contribution is 0.224. The van der Waals surface area contributed by atoms with Crippen LogP contribution in [0.3, 0.4) is 0 Å². The fraction of sp³-hybridized carbons (Fsp3) is 0.400. The van der Waals surface area contributed by atoms with Crippen LogP contribution in [-0.2, 0) is 6.54 Å². The summed E-state index contributed by atoms with van der Waals surface area (Å²) >= 11 is 0. The maximum absolute atomic E-state index is 5.24. The van der Waals surface area contributed by atoms with Gasteiger partial charge in [-0.2, -0.15) is 5.48 Å². The normalized spacial score (nSPS) is 14.6. The second-order valence-electron chi connectivity index (χ2n) is 3.45. The third kappa shape index (κ3) is 1.18. The highest BCUT2D eigenvalue weighted by atomic mass is 16.7. The van der Waals surface area contributed by atoms with Crippen LogP contribution in [0.5, 0.6) is 5.75 Å². The van der Waals surface area contributed by atoms with Crippen molar-refractivity contribution >= 4 is 0 Å². The molecule has 0 fully saturated rings. The summed E-state index contributed by atoms with van der Waals surface area (Å²) in [6.07, 6.45) is 0. The van der Waals surface area contributed by atoms with Gasteiger partial charge in [-0.3, -0.25) is 0 Å². The van der Waals surface area contributed by atoms with Gasteiger partial charge in [0, 0.05) is 5.56 Å². The summed E-state index contributed by atoms with van der Waals surface area (Å²) < 4.78 is 0. The zero-order chi connectivity index (χ0) is 8.55. The van der Waals surface area contributed by atoms with Crippen molar-refractivity contribution in [3.8, 4) is 5.75 Å². The average Bonchev–Trinajstić information content (AvgIpc) is 2.49. The Kier molecular flexibility index (Phi) is 1.77. The Morgan fingerprint density at radius 3 is 3.00 bits per heavy atom. The number of benzene rings is 1. The van der Waals surface area contributed by atoms with E-state index >= 15 is 0 Å². The standard InChI is InChI=1S/C10H13NO/c1-7(2)8-3-4-9-6-11-12-10(9)5-8/h3-5,7,11H,6H2,1-2H3. The molecule has 0 amide bonds. The highest BCUT2D eigenvalue weighted by molar-refractivity contribution is 5.40. The maximum Gasteiger partial charge on any atom is 0.152 e. The van der Waals surface area contributed by atoms with E-state index < -0.39 is 0 Å². The van der Waals surface area contributed by atoms with E-state index in [9.17, 15) is 0 Å². The molecule has 1 heterocycles. The molecule has 1 N–H and O–H groups in total. The Morgan fingerprint density at radius 1 is 1.42 bits per heavy atom. The van der Waals surface area contributed by atoms with Crippen molar-refractivity contribution in [2.75, 3.05) is 0 Å². The average molecular weight is 163 g/mol. The van der Waals surface area contributed by atoms with Crippen molar-refractivity contribution in [2.24, 2.45) is 0 Å². The molecule has 2 nitrogen and oxygen atoms in total. The van der Waals surface area contributed by atoms with E-state index in [1.807, 2.05) is 0 Å². The Hall–Kier alpha value is -1.02. The van der Waals surface area contributed by atoms with Gasteiger partial charge in [-0.15, -0.1) is 0 Å². The molecule has 1 aliphatic heterocycles. The van der Waals surface area contributed by atoms with Crippen molar-refractivity contribution in [3.05, 3.63) is 29.3 Å². The Labute approximate surface area is 72.5 Å². The van der Waals surface area contributed by atoms with Crippen LogP contribution in [0.15, 0.2) is 18.2 Å². The molecule has 0 saturated heterocycles. The molecule has 0 saturated carbocycles. The Bertz CT molecular complexity index is 294. The van der Waals surface area contributed by atoms with E-state index in [0.29, 0.717) is 5.92 Å². The van der Waals surface area contributed by atoms with E-state index in [0.717, 1.165) is 12.3 Å². The van der Waals surface area contributed by atoms with Crippen molar-refractivity contribution < 1.29 is 4.84 Å². The van der Waals surface area contributed by atoms with E-state index in [2.05, 4.69) is 37.5 Å². The second-order valence-corrected chi connectivity index (χ2v) is 3.45. The first kappa shape index (κ1) is 7.62. The lowest BCUT2D eigenvalue weighted by Gasteiger charge is -2.05. The summed E-state index contributed by atoms with van der Waals surface area (Å²) in [5.41, 5.74) is 5.43. The number of hydrogen-bond donors (Lipinski definition) is 1. The Balaban J connectivity index is 2.39. The number of nitrogens with one attached hydrogen (secondary N) is 1. The third-order valence-corrected chi connectivity index (χ3v) is 2.20. The maximum atomic E-state index is 5.24. The van der Waals surface area contributed by atoms with Gasteiger partial charge in [-0.05, 0) is 17.5 Å². The fourth-order valence-corrected chi connectivity index (χ4v) is 1.36. The highest BCUT2D eigenvalue weighted by Crippen LogP contribution is 2.27. The zero-order valence-corrected chi connectivity index (χ0v) is 7.42. The van der Waals surface area contributed by atoms with E-state index in [4.69, 9.17) is 4.84 Å². The lowest BCUT2D eigenvalue weighted by atomic mass is 10.0. The molecule has 0 aliphatic carbocycles. The van der Waals surface area contributed by atoms with Gasteiger partial charge in [-0.1, -0.05) is 26.0 Å². The predicted octanol–water partition coefficient (Wildman–Crippen LogP) is 2.21. The van der Waals surface area contributed by atoms with E-state index in [1.54, 1.807) is 0 Å². The van der Waals surface area contributed by atoms with Crippen LogP contribution in [0.2, 0.25) is 0 Å². The van der Waals surface area contributed by atoms with Crippen LogP contribution in [0.1, 0.15) is 30.9 Å². The molecular weight excluding hydrogens is 150 g/mol. The summed E-state index contributed by atoms with van der Waals surface area (Å²) in [4.78, 5) is 5.24. The number of rotatable bonds is 1. The minimum atomic E-state index is 0.569. The predicted molar refractivity (Wildman–Crippen MR) is 48.0 cm³/mol. The molecule has 0 bridgehead atoms. The first-order chi connectivity index (χ1) is 5.77. The molecule has 12 heavy (non-hydrogen) atoms. The number of hydrogen-bond acceptors (Lipinski definition) is 2. The van der Waals surface area contributed by atoms with Crippen LogP contribution in [0.4, 0.5) is 0 Å². The molecule has 0 spiro atoms. The van der Waals surface area contributed by atoms with Crippen LogP contribution >= 0.6 is 0 Å². The van der Waals surface area contributed by atoms with Crippen LogP contribution in [0.25, 0.3) is 0 Å². The first-order valence-corrected chi connectivity index (χ1v) is 4.30. The summed E-state index contributed by atoms with van der Waals surface area (Å²) in [6.45, 7) is 5.20. The Morgan fingerprint density at radius 2 is 2.25 bits per heavy atom. The van der Waals surface area contributed by atoms with Crippen molar-refractivity contribution in [1.82, 2.24) is 5.48 Å². The topological polar surface area (TPSA) is 21.3 Å². The zero-order valence-electron chi connectivity index (χ0n) is 7.42. The van der Waals surface area contributed by atoms with Gasteiger partial charge in [0.15, 0.2) is 5.75 Å². The van der Waals surface area contributed by atoms with Gasteiger partial charge in [-0.25, -0.2) is 0 Å². The van der Waals surface area contributed by atoms with Gasteiger partial charge in [0.2, 0.25) is 0 Å². The lowest BCUT2D eigenvalue weighted by Crippen LogP contribution is -2.07. The van der Waals surface area contributed by atoms with Crippen LogP contribution in [-0.4, -0.2) is 0 Å². The van der Waals surface area contributed by atoms with E-state index in [-0.39, 0.29) is 0 Å². The molecular formula is C10H13NO. The molecule has 0 aromatic heterocycles. The number of fused-ring (bicyclic) bond motifs is 1. The summed E-state index contributed by atoms with van der Waals surface area (Å²) in [5.74, 6) is 1.56. The van der Waals surface area contributed by atoms with Gasteiger partial charge in [0.1, 0.15) is 0 Å². The van der Waals surface area contributed by atoms with Gasteiger partial charge >= 0.3 is 0 Å². The monoisotopic (exact) mass is 163 g/mol. The van der Waals surface area contributed by atoms with E-state index in [1.165, 1.54) is 11.1 Å². The molecule has 2 rings (SSSR count). The highest BCUT2D eigenvalue weighted by Gasteiger charge is 2.12. The summed E-state index contributed by atoms with van der Waals surface area (Å²) in [5, 5.41) is 0.